The minimum atomic E-state index is -0.358. The minimum absolute atomic E-state index is 0.0156. The number of nitrogens with zero attached hydrogens (tertiary/aromatic N) is 2. The molecule has 0 radical (unpaired) electrons. The highest BCUT2D eigenvalue weighted by atomic mass is 32.1. The molecule has 0 bridgehead atoms. The van der Waals surface area contributed by atoms with Gasteiger partial charge in [0.05, 0.1) is 4.88 Å². The third-order valence-electron chi connectivity index (χ3n) is 4.24. The SMILES string of the molecule is Cc1ccc(NC(=O)c2cccc(O)c2)cc1NC(=O)c1cc2nccnc2s1. The smallest absolute Gasteiger partial charge is 0.265 e. The number of carbonyl (C=O) groups is 2. The molecule has 0 spiro atoms. The molecule has 0 unspecified atom stereocenters. The lowest BCUT2D eigenvalue weighted by molar-refractivity contribution is 0.102. The second-order valence-electron chi connectivity index (χ2n) is 6.35. The van der Waals surface area contributed by atoms with Crippen LogP contribution in [0, 0.1) is 6.92 Å². The Bertz CT molecular complexity index is 1200. The Kier molecular flexibility index (Phi) is 4.92. The van der Waals surface area contributed by atoms with Crippen molar-refractivity contribution in [3.8, 4) is 5.75 Å². The summed E-state index contributed by atoms with van der Waals surface area (Å²) in [7, 11) is 0. The lowest BCUT2D eigenvalue weighted by atomic mass is 10.1. The van der Waals surface area contributed by atoms with E-state index in [1.54, 1.807) is 42.7 Å². The van der Waals surface area contributed by atoms with Crippen molar-refractivity contribution < 1.29 is 14.7 Å². The van der Waals surface area contributed by atoms with Gasteiger partial charge >= 0.3 is 0 Å². The molecule has 0 aliphatic carbocycles. The average Bonchev–Trinajstić information content (AvgIpc) is 3.15. The normalized spacial score (nSPS) is 10.7. The molecule has 0 saturated heterocycles. The van der Waals surface area contributed by atoms with Gasteiger partial charge in [0.2, 0.25) is 0 Å². The largest absolute Gasteiger partial charge is 0.508 e. The van der Waals surface area contributed by atoms with Gasteiger partial charge in [-0.15, -0.1) is 11.3 Å². The molecule has 0 fully saturated rings. The predicted octanol–water partition coefficient (Wildman–Crippen LogP) is 4.21. The standard InChI is InChI=1S/C21H16N4O3S/c1-12-5-6-14(24-19(27)13-3-2-4-15(26)9-13)10-16(12)25-20(28)18-11-17-21(29-18)23-8-7-22-17/h2-11,26H,1H3,(H,24,27)(H,25,28). The average molecular weight is 404 g/mol. The van der Waals surface area contributed by atoms with E-state index in [0.29, 0.717) is 32.2 Å². The minimum Gasteiger partial charge on any atom is -0.508 e. The van der Waals surface area contributed by atoms with Crippen molar-refractivity contribution in [1.82, 2.24) is 9.97 Å². The van der Waals surface area contributed by atoms with Gasteiger partial charge in [0, 0.05) is 29.3 Å². The van der Waals surface area contributed by atoms with Crippen molar-refractivity contribution >= 4 is 44.9 Å². The van der Waals surface area contributed by atoms with E-state index in [9.17, 15) is 14.7 Å². The number of carbonyl (C=O) groups excluding carboxylic acids is 2. The predicted molar refractivity (Wildman–Crippen MR) is 113 cm³/mol. The third kappa shape index (κ3) is 4.07. The van der Waals surface area contributed by atoms with Gasteiger partial charge in [0.15, 0.2) is 0 Å². The van der Waals surface area contributed by atoms with Gasteiger partial charge in [-0.1, -0.05) is 12.1 Å². The number of anilines is 2. The zero-order valence-corrected chi connectivity index (χ0v) is 16.2. The molecule has 0 saturated carbocycles. The van der Waals surface area contributed by atoms with E-state index in [1.165, 1.54) is 23.5 Å². The maximum atomic E-state index is 12.7. The van der Waals surface area contributed by atoms with Crippen LogP contribution in [-0.4, -0.2) is 26.9 Å². The highest BCUT2D eigenvalue weighted by molar-refractivity contribution is 7.20. The van der Waals surface area contributed by atoms with Crippen LogP contribution in [0.2, 0.25) is 0 Å². The first-order chi connectivity index (χ1) is 14.0. The Morgan fingerprint density at radius 3 is 2.59 bits per heavy atom. The number of phenolic OH excluding ortho intramolecular Hbond substituents is 1. The molecule has 2 aromatic carbocycles. The number of amides is 2. The van der Waals surface area contributed by atoms with Crippen molar-refractivity contribution in [1.29, 1.82) is 0 Å². The summed E-state index contributed by atoms with van der Waals surface area (Å²) < 4.78 is 0. The number of aryl methyl sites for hydroxylation is 1. The molecule has 0 aliphatic heterocycles. The molecule has 7 nitrogen and oxygen atoms in total. The fraction of sp³-hybridized carbons (Fsp3) is 0.0476. The molecular weight excluding hydrogens is 388 g/mol. The summed E-state index contributed by atoms with van der Waals surface area (Å²) in [5.74, 6) is -0.611. The van der Waals surface area contributed by atoms with Crippen LogP contribution in [0.25, 0.3) is 10.3 Å². The molecular formula is C21H16N4O3S. The van der Waals surface area contributed by atoms with Gasteiger partial charge in [-0.05, 0) is 48.9 Å². The van der Waals surface area contributed by atoms with Gasteiger partial charge in [-0.25, -0.2) is 4.98 Å². The first kappa shape index (κ1) is 18.6. The summed E-state index contributed by atoms with van der Waals surface area (Å²) in [5.41, 5.74) is 2.97. The van der Waals surface area contributed by atoms with E-state index in [0.717, 1.165) is 5.56 Å². The first-order valence-electron chi connectivity index (χ1n) is 8.72. The topological polar surface area (TPSA) is 104 Å². The number of thiophene rings is 1. The first-order valence-corrected chi connectivity index (χ1v) is 9.54. The van der Waals surface area contributed by atoms with E-state index >= 15 is 0 Å². The van der Waals surface area contributed by atoms with Crippen molar-refractivity contribution in [3.05, 3.63) is 76.9 Å². The quantitative estimate of drug-likeness (QED) is 0.473. The Morgan fingerprint density at radius 1 is 0.966 bits per heavy atom. The number of phenols is 1. The Hall–Kier alpha value is -3.78. The van der Waals surface area contributed by atoms with Crippen LogP contribution >= 0.6 is 11.3 Å². The number of hydrogen-bond donors (Lipinski definition) is 3. The van der Waals surface area contributed by atoms with Crippen molar-refractivity contribution in [2.24, 2.45) is 0 Å². The molecule has 4 aromatic rings. The molecule has 8 heteroatoms. The van der Waals surface area contributed by atoms with Gasteiger partial charge in [0.1, 0.15) is 16.1 Å². The molecule has 0 aliphatic rings. The zero-order chi connectivity index (χ0) is 20.4. The molecule has 3 N–H and O–H groups in total. The van der Waals surface area contributed by atoms with Crippen LogP contribution in [0.3, 0.4) is 0 Å². The van der Waals surface area contributed by atoms with Crippen LogP contribution in [0.5, 0.6) is 5.75 Å². The van der Waals surface area contributed by atoms with Gasteiger partial charge in [0.25, 0.3) is 11.8 Å². The highest BCUT2D eigenvalue weighted by Gasteiger charge is 2.14. The molecule has 0 atom stereocenters. The van der Waals surface area contributed by atoms with Crippen LogP contribution in [-0.2, 0) is 0 Å². The number of benzene rings is 2. The van der Waals surface area contributed by atoms with E-state index in [-0.39, 0.29) is 17.6 Å². The van der Waals surface area contributed by atoms with Crippen molar-refractivity contribution in [3.63, 3.8) is 0 Å². The number of hydrogen-bond acceptors (Lipinski definition) is 6. The van der Waals surface area contributed by atoms with Crippen molar-refractivity contribution in [2.45, 2.75) is 6.92 Å². The van der Waals surface area contributed by atoms with E-state index in [1.807, 2.05) is 13.0 Å². The lowest BCUT2D eigenvalue weighted by Crippen LogP contribution is -2.14. The number of fused-ring (bicyclic) bond motifs is 1. The number of nitrogens with one attached hydrogen (secondary N) is 2. The summed E-state index contributed by atoms with van der Waals surface area (Å²) in [6.07, 6.45) is 3.17. The molecule has 2 aromatic heterocycles. The number of aromatic nitrogens is 2. The summed E-state index contributed by atoms with van der Waals surface area (Å²) in [6.45, 7) is 1.87. The maximum Gasteiger partial charge on any atom is 0.265 e. The van der Waals surface area contributed by atoms with E-state index in [2.05, 4.69) is 20.6 Å². The van der Waals surface area contributed by atoms with Gasteiger partial charge in [-0.2, -0.15) is 0 Å². The fourth-order valence-corrected chi connectivity index (χ4v) is 3.60. The Morgan fingerprint density at radius 2 is 1.79 bits per heavy atom. The second kappa shape index (κ2) is 7.69. The molecule has 4 rings (SSSR count). The summed E-state index contributed by atoms with van der Waals surface area (Å²) in [6, 6.07) is 13.0. The maximum absolute atomic E-state index is 12.7. The molecule has 2 amide bonds. The van der Waals surface area contributed by atoms with E-state index < -0.39 is 0 Å². The monoisotopic (exact) mass is 404 g/mol. The van der Waals surface area contributed by atoms with Crippen molar-refractivity contribution in [2.75, 3.05) is 10.6 Å². The van der Waals surface area contributed by atoms with Crippen LogP contribution < -0.4 is 10.6 Å². The molecule has 2 heterocycles. The summed E-state index contributed by atoms with van der Waals surface area (Å²) in [4.78, 5) is 34.6. The van der Waals surface area contributed by atoms with E-state index in [4.69, 9.17) is 0 Å². The van der Waals surface area contributed by atoms with Gasteiger partial charge in [-0.3, -0.25) is 14.6 Å². The summed E-state index contributed by atoms with van der Waals surface area (Å²) >= 11 is 1.26. The third-order valence-corrected chi connectivity index (χ3v) is 5.27. The number of rotatable bonds is 4. The lowest BCUT2D eigenvalue weighted by Gasteiger charge is -2.11. The second-order valence-corrected chi connectivity index (χ2v) is 7.38. The van der Waals surface area contributed by atoms with Gasteiger partial charge < -0.3 is 15.7 Å². The molecule has 29 heavy (non-hydrogen) atoms. The van der Waals surface area contributed by atoms with Crippen LogP contribution in [0.1, 0.15) is 25.6 Å². The zero-order valence-electron chi connectivity index (χ0n) is 15.3. The summed E-state index contributed by atoms with van der Waals surface area (Å²) in [5, 5.41) is 15.2. The van der Waals surface area contributed by atoms with Crippen LogP contribution in [0.4, 0.5) is 11.4 Å². The molecule has 144 valence electrons. The highest BCUT2D eigenvalue weighted by Crippen LogP contribution is 2.25. The Labute approximate surface area is 170 Å². The fourth-order valence-electron chi connectivity index (χ4n) is 2.75. The number of aromatic hydroxyl groups is 1. The van der Waals surface area contributed by atoms with Crippen LogP contribution in [0.15, 0.2) is 60.9 Å². The Balaban J connectivity index is 1.53.